The molecule has 2 unspecified atom stereocenters. The molecule has 0 bridgehead atoms. The molecule has 2 fully saturated rings. The van der Waals surface area contributed by atoms with Crippen molar-refractivity contribution in [2.24, 2.45) is 7.05 Å². The number of carbonyl (C=O) groups excluding carboxylic acids is 3. The smallest absolute Gasteiger partial charge is 0.411 e. The number of ether oxygens (including phenoxy) is 1. The summed E-state index contributed by atoms with van der Waals surface area (Å²) in [6.45, 7) is 7.42. The van der Waals surface area contributed by atoms with Crippen LogP contribution in [0.5, 0.6) is 0 Å². The molecule has 10 nitrogen and oxygen atoms in total. The maximum absolute atomic E-state index is 13.1. The van der Waals surface area contributed by atoms with Gasteiger partial charge in [-0.2, -0.15) is 0 Å². The van der Waals surface area contributed by atoms with Crippen LogP contribution in [0.4, 0.5) is 4.79 Å². The number of aromatic nitrogens is 2. The minimum atomic E-state index is -0.712. The van der Waals surface area contributed by atoms with E-state index in [1.807, 2.05) is 63.2 Å². The van der Waals surface area contributed by atoms with E-state index in [1.54, 1.807) is 11.9 Å². The molecule has 2 aliphatic rings. The Kier molecular flexibility index (Phi) is 7.74. The van der Waals surface area contributed by atoms with Gasteiger partial charge in [-0.25, -0.2) is 9.59 Å². The predicted octanol–water partition coefficient (Wildman–Crippen LogP) is 2.74. The fourth-order valence-corrected chi connectivity index (χ4v) is 5.23. The zero-order valence-electron chi connectivity index (χ0n) is 23.8. The number of hydrogen-bond acceptors (Lipinski definition) is 6. The molecule has 3 amide bonds. The number of piperidine rings is 1. The topological polar surface area (TPSA) is 115 Å². The minimum Gasteiger partial charge on any atom is -0.444 e. The van der Waals surface area contributed by atoms with E-state index in [-0.39, 0.29) is 30.2 Å². The molecule has 2 aliphatic heterocycles. The third-order valence-electron chi connectivity index (χ3n) is 7.33. The van der Waals surface area contributed by atoms with Crippen LogP contribution in [0, 0.1) is 11.8 Å². The first-order chi connectivity index (χ1) is 19.5. The van der Waals surface area contributed by atoms with Crippen molar-refractivity contribution in [3.05, 3.63) is 58.5 Å². The highest BCUT2D eigenvalue weighted by Crippen LogP contribution is 2.28. The summed E-state index contributed by atoms with van der Waals surface area (Å²) in [5.41, 5.74) is 3.48. The van der Waals surface area contributed by atoms with Gasteiger partial charge in [-0.1, -0.05) is 42.2 Å². The molecule has 2 atom stereocenters. The van der Waals surface area contributed by atoms with Gasteiger partial charge in [-0.05, 0) is 56.0 Å². The van der Waals surface area contributed by atoms with Crippen molar-refractivity contribution in [2.45, 2.75) is 57.7 Å². The Bertz CT molecular complexity index is 1620. The van der Waals surface area contributed by atoms with Gasteiger partial charge in [0.2, 0.25) is 11.8 Å². The predicted molar refractivity (Wildman–Crippen MR) is 155 cm³/mol. The van der Waals surface area contributed by atoms with Gasteiger partial charge in [0, 0.05) is 39.5 Å². The average molecular weight is 558 g/mol. The molecule has 10 heteroatoms. The van der Waals surface area contributed by atoms with Gasteiger partial charge in [0.25, 0.3) is 0 Å². The quantitative estimate of drug-likeness (QED) is 0.378. The SMILES string of the molecule is Cn1c(=O)n(C2CCC(=O)NC2=O)c2ccc(-c3ccc(CC#CC4CNCCN4C(=O)OC(C)(C)C)cc3)cc21. The highest BCUT2D eigenvalue weighted by atomic mass is 16.6. The molecule has 3 aromatic rings. The largest absolute Gasteiger partial charge is 0.444 e. The highest BCUT2D eigenvalue weighted by Gasteiger charge is 2.31. The van der Waals surface area contributed by atoms with Crippen LogP contribution in [-0.2, 0) is 27.8 Å². The van der Waals surface area contributed by atoms with E-state index in [0.717, 1.165) is 16.7 Å². The van der Waals surface area contributed by atoms with Gasteiger partial charge in [-0.3, -0.25) is 28.9 Å². The summed E-state index contributed by atoms with van der Waals surface area (Å²) >= 11 is 0. The van der Waals surface area contributed by atoms with Crippen LogP contribution in [0.3, 0.4) is 0 Å². The highest BCUT2D eigenvalue weighted by molar-refractivity contribution is 6.00. The number of nitrogens with one attached hydrogen (secondary N) is 2. The van der Waals surface area contributed by atoms with Crippen molar-refractivity contribution in [2.75, 3.05) is 19.6 Å². The van der Waals surface area contributed by atoms with Crippen LogP contribution < -0.4 is 16.3 Å². The van der Waals surface area contributed by atoms with Crippen molar-refractivity contribution >= 4 is 28.9 Å². The van der Waals surface area contributed by atoms with E-state index in [1.165, 1.54) is 9.13 Å². The second-order valence-electron chi connectivity index (χ2n) is 11.5. The molecule has 3 heterocycles. The summed E-state index contributed by atoms with van der Waals surface area (Å²) in [6, 6.07) is 12.8. The van der Waals surface area contributed by atoms with Crippen molar-refractivity contribution in [1.82, 2.24) is 24.7 Å². The van der Waals surface area contributed by atoms with Crippen molar-refractivity contribution in [1.29, 1.82) is 0 Å². The van der Waals surface area contributed by atoms with E-state index in [0.29, 0.717) is 43.5 Å². The Labute approximate surface area is 238 Å². The first-order valence-corrected chi connectivity index (χ1v) is 13.8. The van der Waals surface area contributed by atoms with Crippen LogP contribution in [0.1, 0.15) is 45.2 Å². The number of imidazole rings is 1. The van der Waals surface area contributed by atoms with Crippen LogP contribution in [-0.4, -0.2) is 63.2 Å². The zero-order chi connectivity index (χ0) is 29.3. The summed E-state index contributed by atoms with van der Waals surface area (Å²) in [5, 5.41) is 5.63. The van der Waals surface area contributed by atoms with Gasteiger partial charge >= 0.3 is 11.8 Å². The normalized spacial score (nSPS) is 19.5. The summed E-state index contributed by atoms with van der Waals surface area (Å²) in [7, 11) is 1.68. The molecule has 2 aromatic carbocycles. The number of aryl methyl sites for hydroxylation is 1. The molecule has 2 saturated heterocycles. The second kappa shape index (κ2) is 11.3. The number of fused-ring (bicyclic) bond motifs is 1. The number of piperazine rings is 1. The lowest BCUT2D eigenvalue weighted by molar-refractivity contribution is -0.135. The standard InChI is InChI=1S/C31H35N5O5/c1-31(2,3)41-30(40)35-17-16-32-19-23(35)7-5-6-20-8-10-21(11-9-20)22-12-13-24-26(18-22)34(4)29(39)36(24)25-14-15-27(37)33-28(25)38/h8-13,18,23,25,32H,6,14-17,19H2,1-4H3,(H,33,37,38). The van der Waals surface area contributed by atoms with Gasteiger partial charge in [0.15, 0.2) is 0 Å². The maximum Gasteiger partial charge on any atom is 0.411 e. The molecule has 5 rings (SSSR count). The minimum absolute atomic E-state index is 0.202. The third kappa shape index (κ3) is 6.05. The molecule has 41 heavy (non-hydrogen) atoms. The van der Waals surface area contributed by atoms with Gasteiger partial charge < -0.3 is 10.1 Å². The number of carbonyl (C=O) groups is 3. The molecule has 0 aliphatic carbocycles. The summed E-state index contributed by atoms with van der Waals surface area (Å²) in [6.07, 6.45) is 0.700. The van der Waals surface area contributed by atoms with Crippen LogP contribution in [0.15, 0.2) is 47.3 Å². The lowest BCUT2D eigenvalue weighted by Crippen LogP contribution is -2.54. The Hall–Kier alpha value is -4.36. The second-order valence-corrected chi connectivity index (χ2v) is 11.5. The zero-order valence-corrected chi connectivity index (χ0v) is 23.8. The van der Waals surface area contributed by atoms with E-state index < -0.39 is 17.6 Å². The Balaban J connectivity index is 1.31. The lowest BCUT2D eigenvalue weighted by atomic mass is 10.0. The third-order valence-corrected chi connectivity index (χ3v) is 7.33. The van der Waals surface area contributed by atoms with Gasteiger partial charge in [-0.15, -0.1) is 0 Å². The first kappa shape index (κ1) is 28.2. The Morgan fingerprint density at radius 1 is 1.05 bits per heavy atom. The number of hydrogen-bond donors (Lipinski definition) is 2. The fraction of sp³-hybridized carbons (Fsp3) is 0.419. The van der Waals surface area contributed by atoms with Crippen molar-refractivity contribution < 1.29 is 19.1 Å². The molecular weight excluding hydrogens is 522 g/mol. The van der Waals surface area contributed by atoms with E-state index >= 15 is 0 Å². The van der Waals surface area contributed by atoms with Crippen molar-refractivity contribution in [3.63, 3.8) is 0 Å². The monoisotopic (exact) mass is 557 g/mol. The number of nitrogens with zero attached hydrogens (tertiary/aromatic N) is 3. The first-order valence-electron chi connectivity index (χ1n) is 13.8. The van der Waals surface area contributed by atoms with Crippen LogP contribution in [0.25, 0.3) is 22.2 Å². The molecule has 0 spiro atoms. The van der Waals surface area contributed by atoms with Crippen molar-refractivity contribution in [3.8, 4) is 23.0 Å². The molecule has 2 N–H and O–H groups in total. The fourth-order valence-electron chi connectivity index (χ4n) is 5.23. The molecule has 1 aromatic heterocycles. The maximum atomic E-state index is 13.1. The number of amides is 3. The lowest BCUT2D eigenvalue weighted by Gasteiger charge is -2.34. The summed E-state index contributed by atoms with van der Waals surface area (Å²) < 4.78 is 8.57. The van der Waals surface area contributed by atoms with Gasteiger partial charge in [0.05, 0.1) is 11.0 Å². The van der Waals surface area contributed by atoms with E-state index in [9.17, 15) is 19.2 Å². The number of imide groups is 1. The van der Waals surface area contributed by atoms with E-state index in [2.05, 4.69) is 22.5 Å². The number of rotatable bonds is 3. The molecule has 0 saturated carbocycles. The van der Waals surface area contributed by atoms with Gasteiger partial charge in [0.1, 0.15) is 17.7 Å². The van der Waals surface area contributed by atoms with E-state index in [4.69, 9.17) is 4.74 Å². The Morgan fingerprint density at radius 2 is 1.78 bits per heavy atom. The Morgan fingerprint density at radius 3 is 2.49 bits per heavy atom. The van der Waals surface area contributed by atoms with Crippen LogP contribution in [0.2, 0.25) is 0 Å². The average Bonchev–Trinajstić information content (AvgIpc) is 3.17. The summed E-state index contributed by atoms with van der Waals surface area (Å²) in [5.74, 6) is 5.69. The van der Waals surface area contributed by atoms with Crippen LogP contribution >= 0.6 is 0 Å². The number of benzene rings is 2. The molecule has 0 radical (unpaired) electrons. The molecular formula is C31H35N5O5. The molecule has 214 valence electrons. The summed E-state index contributed by atoms with van der Waals surface area (Å²) in [4.78, 5) is 51.4.